The van der Waals surface area contributed by atoms with Crippen LogP contribution in [-0.4, -0.2) is 42.7 Å². The lowest BCUT2D eigenvalue weighted by molar-refractivity contribution is -0.208. The number of hydrogen-bond acceptors (Lipinski definition) is 5. The zero-order valence-corrected chi connectivity index (χ0v) is 12.2. The van der Waals surface area contributed by atoms with Gasteiger partial charge in [-0.05, 0) is 51.1 Å². The molecule has 5 nitrogen and oxygen atoms in total. The van der Waals surface area contributed by atoms with Gasteiger partial charge in [0.25, 0.3) is 0 Å². The molecule has 1 aliphatic carbocycles. The summed E-state index contributed by atoms with van der Waals surface area (Å²) in [6, 6.07) is 2.07. The van der Waals surface area contributed by atoms with Crippen LogP contribution in [0, 0.1) is 23.2 Å². The summed E-state index contributed by atoms with van der Waals surface area (Å²) in [7, 11) is 0. The monoisotopic (exact) mass is 319 g/mol. The van der Waals surface area contributed by atoms with Crippen molar-refractivity contribution >= 4 is 5.97 Å². The maximum absolute atomic E-state index is 12.0. The smallest absolute Gasteiger partial charge is 0.363 e. The van der Waals surface area contributed by atoms with Gasteiger partial charge in [0.2, 0.25) is 0 Å². The van der Waals surface area contributed by atoms with Crippen molar-refractivity contribution in [1.82, 2.24) is 10.4 Å². The lowest BCUT2D eigenvalue weighted by Gasteiger charge is -2.31. The molecule has 1 N–H and O–H groups in total. The Bertz CT molecular complexity index is 428. The molecule has 1 aliphatic heterocycles. The van der Waals surface area contributed by atoms with Crippen molar-refractivity contribution < 1.29 is 22.8 Å². The normalized spacial score (nSPS) is 27.5. The number of rotatable bonds is 4. The molecule has 22 heavy (non-hydrogen) atoms. The molecule has 2 aliphatic rings. The summed E-state index contributed by atoms with van der Waals surface area (Å²) in [6.45, 7) is 2.69. The summed E-state index contributed by atoms with van der Waals surface area (Å²) in [4.78, 5) is 17.0. The molecule has 2 rings (SSSR count). The molecule has 1 saturated heterocycles. The van der Waals surface area contributed by atoms with Gasteiger partial charge in [-0.1, -0.05) is 0 Å². The average Bonchev–Trinajstić information content (AvgIpc) is 2.92. The van der Waals surface area contributed by atoms with E-state index in [9.17, 15) is 18.0 Å². The fourth-order valence-electron chi connectivity index (χ4n) is 3.15. The predicted molar refractivity (Wildman–Crippen MR) is 71.2 cm³/mol. The molecule has 1 heterocycles. The first-order valence-corrected chi connectivity index (χ1v) is 7.54. The van der Waals surface area contributed by atoms with Crippen LogP contribution in [0.15, 0.2) is 0 Å². The molecule has 0 aromatic rings. The van der Waals surface area contributed by atoms with Crippen molar-refractivity contribution in [3.05, 3.63) is 0 Å². The molecule has 0 bridgehead atoms. The second kappa shape index (κ2) is 7.29. The van der Waals surface area contributed by atoms with Gasteiger partial charge in [-0.2, -0.15) is 18.4 Å². The number of piperidine rings is 1. The van der Waals surface area contributed by atoms with Crippen molar-refractivity contribution in [2.45, 2.75) is 44.3 Å². The minimum atomic E-state index is -4.96. The summed E-state index contributed by atoms with van der Waals surface area (Å²) in [5.74, 6) is -1.66. The highest BCUT2D eigenvalue weighted by molar-refractivity contribution is 5.75. The van der Waals surface area contributed by atoms with E-state index in [1.165, 1.54) is 0 Å². The van der Waals surface area contributed by atoms with Crippen LogP contribution in [0.3, 0.4) is 0 Å². The number of halogens is 3. The predicted octanol–water partition coefficient (Wildman–Crippen LogP) is 2.00. The van der Waals surface area contributed by atoms with Crippen LogP contribution in [0.1, 0.15) is 32.1 Å². The molecule has 8 heteroatoms. The Balaban J connectivity index is 1.66. The number of hydrogen-bond donors (Lipinski definition) is 1. The molecule has 0 aromatic heterocycles. The number of nitrogens with one attached hydrogen (secondary N) is 1. The topological polar surface area (TPSA) is 65.4 Å². The van der Waals surface area contributed by atoms with E-state index in [-0.39, 0.29) is 12.0 Å². The number of alkyl halides is 3. The van der Waals surface area contributed by atoms with Gasteiger partial charge in [0.05, 0.1) is 6.07 Å². The fourth-order valence-corrected chi connectivity index (χ4v) is 3.15. The molecule has 2 fully saturated rings. The maximum atomic E-state index is 12.0. The molecule has 1 saturated carbocycles. The highest BCUT2D eigenvalue weighted by Crippen LogP contribution is 2.28. The van der Waals surface area contributed by atoms with Gasteiger partial charge in [-0.25, -0.2) is 4.79 Å². The van der Waals surface area contributed by atoms with Crippen molar-refractivity contribution in [2.75, 3.05) is 19.6 Å². The van der Waals surface area contributed by atoms with Crippen LogP contribution in [0.2, 0.25) is 0 Å². The van der Waals surface area contributed by atoms with Crippen molar-refractivity contribution in [1.29, 1.82) is 5.26 Å². The number of likely N-dealkylation sites (tertiary alicyclic amines) is 1. The van der Waals surface area contributed by atoms with Gasteiger partial charge in [-0.15, -0.1) is 5.48 Å². The average molecular weight is 319 g/mol. The maximum Gasteiger partial charge on any atom is 0.492 e. The van der Waals surface area contributed by atoms with E-state index < -0.39 is 12.1 Å². The highest BCUT2D eigenvalue weighted by atomic mass is 19.4. The zero-order chi connectivity index (χ0) is 16.2. The van der Waals surface area contributed by atoms with E-state index >= 15 is 0 Å². The number of nitriles is 1. The molecule has 0 amide bonds. The largest absolute Gasteiger partial charge is 0.492 e. The molecule has 124 valence electrons. The Morgan fingerprint density at radius 3 is 2.55 bits per heavy atom. The fraction of sp³-hybridized carbons (Fsp3) is 0.857. The number of carbonyl (C=O) groups is 1. The second-order valence-corrected chi connectivity index (χ2v) is 6.09. The second-order valence-electron chi connectivity index (χ2n) is 6.09. The van der Waals surface area contributed by atoms with Crippen LogP contribution in [0.25, 0.3) is 0 Å². The first kappa shape index (κ1) is 17.0. The highest BCUT2D eigenvalue weighted by Gasteiger charge is 2.42. The Morgan fingerprint density at radius 2 is 1.95 bits per heavy atom. The van der Waals surface area contributed by atoms with Crippen molar-refractivity contribution in [3.63, 3.8) is 0 Å². The molecular weight excluding hydrogens is 299 g/mol. The van der Waals surface area contributed by atoms with E-state index in [2.05, 4.69) is 21.3 Å². The van der Waals surface area contributed by atoms with Gasteiger partial charge in [0.1, 0.15) is 0 Å². The van der Waals surface area contributed by atoms with Gasteiger partial charge < -0.3 is 9.74 Å². The lowest BCUT2D eigenvalue weighted by Crippen LogP contribution is -2.38. The summed E-state index contributed by atoms with van der Waals surface area (Å²) in [6.07, 6.45) is -0.897. The van der Waals surface area contributed by atoms with E-state index in [1.54, 1.807) is 0 Å². The lowest BCUT2D eigenvalue weighted by atomic mass is 9.97. The van der Waals surface area contributed by atoms with Crippen LogP contribution in [-0.2, 0) is 9.63 Å². The first-order valence-electron chi connectivity index (χ1n) is 7.54. The van der Waals surface area contributed by atoms with Crippen LogP contribution < -0.4 is 5.48 Å². The van der Waals surface area contributed by atoms with Gasteiger partial charge in [-0.3, -0.25) is 0 Å². The Kier molecular flexibility index (Phi) is 5.64. The van der Waals surface area contributed by atoms with Crippen molar-refractivity contribution in [3.8, 4) is 6.07 Å². The molecule has 0 spiro atoms. The van der Waals surface area contributed by atoms with Crippen LogP contribution in [0.4, 0.5) is 13.2 Å². The third kappa shape index (κ3) is 4.85. The SMILES string of the molecule is N#CC1CCN(C[C@H]2CC[C@H](NOC(=O)C(F)(F)F)C2)CC1. The van der Waals surface area contributed by atoms with Gasteiger partial charge >= 0.3 is 12.1 Å². The van der Waals surface area contributed by atoms with Crippen molar-refractivity contribution in [2.24, 2.45) is 11.8 Å². The molecular formula is C14H20F3N3O2. The summed E-state index contributed by atoms with van der Waals surface area (Å²) < 4.78 is 36.1. The summed E-state index contributed by atoms with van der Waals surface area (Å²) >= 11 is 0. The standard InChI is InChI=1S/C14H20F3N3O2/c15-14(16,17)13(21)22-19-12-2-1-11(7-12)9-20-5-3-10(8-18)4-6-20/h10-12,19H,1-7,9H2/t11-,12-/m0/s1. The quantitative estimate of drug-likeness (QED) is 0.803. The number of carbonyl (C=O) groups excluding carboxylic acids is 1. The molecule has 0 unspecified atom stereocenters. The Labute approximate surface area is 127 Å². The van der Waals surface area contributed by atoms with E-state index in [1.807, 2.05) is 0 Å². The third-order valence-corrected chi connectivity index (χ3v) is 4.38. The molecule has 0 aromatic carbocycles. The van der Waals surface area contributed by atoms with E-state index in [0.29, 0.717) is 18.8 Å². The minimum Gasteiger partial charge on any atom is -0.363 e. The minimum absolute atomic E-state index is 0.149. The van der Waals surface area contributed by atoms with Crippen LogP contribution in [0.5, 0.6) is 0 Å². The Hall–Kier alpha value is -1.33. The molecule has 0 radical (unpaired) electrons. The van der Waals surface area contributed by atoms with Crippen LogP contribution >= 0.6 is 0 Å². The summed E-state index contributed by atoms with van der Waals surface area (Å²) in [5, 5.41) is 8.86. The van der Waals surface area contributed by atoms with Gasteiger partial charge in [0, 0.05) is 18.5 Å². The van der Waals surface area contributed by atoms with Gasteiger partial charge in [0.15, 0.2) is 0 Å². The molecule has 2 atom stereocenters. The van der Waals surface area contributed by atoms with E-state index in [0.717, 1.165) is 38.9 Å². The summed E-state index contributed by atoms with van der Waals surface area (Å²) in [5.41, 5.74) is 2.24. The van der Waals surface area contributed by atoms with E-state index in [4.69, 9.17) is 5.26 Å². The number of nitrogens with zero attached hydrogens (tertiary/aromatic N) is 2. The Morgan fingerprint density at radius 1 is 1.27 bits per heavy atom. The third-order valence-electron chi connectivity index (χ3n) is 4.38. The zero-order valence-electron chi connectivity index (χ0n) is 12.2. The first-order chi connectivity index (χ1) is 10.4. The number of hydroxylamine groups is 1.